The molecule has 0 spiro atoms. The summed E-state index contributed by atoms with van der Waals surface area (Å²) in [6, 6.07) is 21.4. The maximum absolute atomic E-state index is 13.8. The number of rotatable bonds is 10. The summed E-state index contributed by atoms with van der Waals surface area (Å²) in [6.07, 6.45) is 1.20. The van der Waals surface area contributed by atoms with Crippen LogP contribution in [0.4, 0.5) is 16.2 Å². The van der Waals surface area contributed by atoms with Gasteiger partial charge in [0.25, 0.3) is 5.91 Å². The molecule has 4 rings (SSSR count). The van der Waals surface area contributed by atoms with Crippen molar-refractivity contribution in [1.82, 2.24) is 10.6 Å². The molecular formula is C31H34Cl2N4O4. The summed E-state index contributed by atoms with van der Waals surface area (Å²) in [4.78, 5) is 41.8. The predicted molar refractivity (Wildman–Crippen MR) is 163 cm³/mol. The third kappa shape index (κ3) is 7.51. The van der Waals surface area contributed by atoms with Crippen molar-refractivity contribution in [2.45, 2.75) is 38.8 Å². The van der Waals surface area contributed by atoms with Gasteiger partial charge in [0.2, 0.25) is 5.91 Å². The first-order chi connectivity index (χ1) is 19.8. The van der Waals surface area contributed by atoms with Crippen molar-refractivity contribution >= 4 is 52.4 Å². The van der Waals surface area contributed by atoms with Crippen molar-refractivity contribution < 1.29 is 19.1 Å². The van der Waals surface area contributed by atoms with E-state index >= 15 is 0 Å². The quantitative estimate of drug-likeness (QED) is 0.216. The normalized spacial score (nSPS) is 16.0. The molecule has 0 fully saturated rings. The maximum Gasteiger partial charge on any atom is 0.314 e. The summed E-state index contributed by atoms with van der Waals surface area (Å²) < 4.78 is 5.78. The van der Waals surface area contributed by atoms with Crippen LogP contribution in [-0.2, 0) is 4.79 Å². The molecule has 2 atom stereocenters. The number of benzene rings is 3. The number of carbonyl (C=O) groups is 3. The molecule has 0 saturated heterocycles. The van der Waals surface area contributed by atoms with E-state index in [0.717, 1.165) is 16.9 Å². The zero-order valence-corrected chi connectivity index (χ0v) is 24.6. The molecule has 1 aliphatic heterocycles. The number of amides is 4. The Labute approximate surface area is 250 Å². The van der Waals surface area contributed by atoms with Gasteiger partial charge in [0.1, 0.15) is 5.75 Å². The monoisotopic (exact) mass is 596 g/mol. The number of hydrogen-bond acceptors (Lipinski definition) is 4. The topological polar surface area (TPSA) is 91.0 Å². The van der Waals surface area contributed by atoms with E-state index in [4.69, 9.17) is 27.9 Å². The van der Waals surface area contributed by atoms with Crippen LogP contribution >= 0.6 is 23.2 Å². The van der Waals surface area contributed by atoms with Gasteiger partial charge in [-0.25, -0.2) is 4.79 Å². The van der Waals surface area contributed by atoms with E-state index in [1.165, 1.54) is 0 Å². The van der Waals surface area contributed by atoms with Crippen molar-refractivity contribution in [3.63, 3.8) is 0 Å². The fourth-order valence-electron chi connectivity index (χ4n) is 5.04. The molecule has 8 nitrogen and oxygen atoms in total. The second kappa shape index (κ2) is 14.2. The van der Waals surface area contributed by atoms with Gasteiger partial charge in [-0.1, -0.05) is 29.8 Å². The van der Waals surface area contributed by atoms with Crippen LogP contribution in [0.15, 0.2) is 72.8 Å². The Bertz CT molecular complexity index is 1350. The highest BCUT2D eigenvalue weighted by atomic mass is 35.5. The Morgan fingerprint density at radius 1 is 0.976 bits per heavy atom. The van der Waals surface area contributed by atoms with Gasteiger partial charge in [-0.15, -0.1) is 11.6 Å². The number of carbonyl (C=O) groups excluding carboxylic acids is 3. The number of fused-ring (bicyclic) bond motifs is 1. The van der Waals surface area contributed by atoms with Gasteiger partial charge < -0.3 is 25.2 Å². The Morgan fingerprint density at radius 3 is 2.34 bits per heavy atom. The minimum absolute atomic E-state index is 0.0833. The van der Waals surface area contributed by atoms with Crippen molar-refractivity contribution in [2.75, 3.05) is 35.4 Å². The van der Waals surface area contributed by atoms with Gasteiger partial charge in [0.15, 0.2) is 0 Å². The summed E-state index contributed by atoms with van der Waals surface area (Å²) in [6.45, 7) is 4.86. The summed E-state index contributed by atoms with van der Waals surface area (Å²) in [5, 5.41) is 5.97. The molecule has 2 unspecified atom stereocenters. The Morgan fingerprint density at radius 2 is 1.66 bits per heavy atom. The number of alkyl halides is 1. The largest absolute Gasteiger partial charge is 0.494 e. The van der Waals surface area contributed by atoms with E-state index in [1.807, 2.05) is 48.2 Å². The average molecular weight is 598 g/mol. The van der Waals surface area contributed by atoms with Crippen LogP contribution in [0.1, 0.15) is 48.7 Å². The Balaban J connectivity index is 1.45. The Hall–Kier alpha value is -3.75. The molecule has 41 heavy (non-hydrogen) atoms. The number of anilines is 2. The van der Waals surface area contributed by atoms with Crippen LogP contribution in [0.5, 0.6) is 5.75 Å². The first-order valence-corrected chi connectivity index (χ1v) is 14.5. The van der Waals surface area contributed by atoms with Crippen LogP contribution in [0.2, 0.25) is 5.02 Å². The van der Waals surface area contributed by atoms with E-state index < -0.39 is 0 Å². The lowest BCUT2D eigenvalue weighted by Gasteiger charge is -2.43. The number of hydrogen-bond donors (Lipinski definition) is 2. The lowest BCUT2D eigenvalue weighted by Crippen LogP contribution is -2.47. The highest BCUT2D eigenvalue weighted by molar-refractivity contribution is 6.30. The van der Waals surface area contributed by atoms with E-state index in [9.17, 15) is 14.4 Å². The van der Waals surface area contributed by atoms with Gasteiger partial charge in [-0.2, -0.15) is 0 Å². The number of nitrogens with one attached hydrogen (secondary N) is 2. The third-order valence-electron chi connectivity index (χ3n) is 6.89. The van der Waals surface area contributed by atoms with Gasteiger partial charge in [-0.05, 0) is 79.9 Å². The molecule has 0 radical (unpaired) electrons. The van der Waals surface area contributed by atoms with Crippen molar-refractivity contribution in [1.29, 1.82) is 0 Å². The lowest BCUT2D eigenvalue weighted by molar-refractivity contribution is -0.117. The molecule has 2 N–H and O–H groups in total. The number of nitrogens with zero attached hydrogens (tertiary/aromatic N) is 2. The molecule has 0 saturated carbocycles. The molecule has 10 heteroatoms. The zero-order valence-electron chi connectivity index (χ0n) is 23.1. The number of halogens is 2. The molecular weight excluding hydrogens is 563 g/mol. The van der Waals surface area contributed by atoms with Crippen LogP contribution in [0.3, 0.4) is 0 Å². The van der Waals surface area contributed by atoms with E-state index in [-0.39, 0.29) is 29.9 Å². The fraction of sp³-hybridized carbons (Fsp3) is 0.323. The van der Waals surface area contributed by atoms with Crippen LogP contribution in [0.25, 0.3) is 0 Å². The number of urea groups is 1. The van der Waals surface area contributed by atoms with Crippen LogP contribution in [0, 0.1) is 0 Å². The van der Waals surface area contributed by atoms with E-state index in [2.05, 4.69) is 10.6 Å². The van der Waals surface area contributed by atoms with Crippen molar-refractivity contribution in [3.05, 3.63) is 88.9 Å². The SMILES string of the molecule is CC(=O)N(c1ccc(Cl)cc1)C1CC(C)N(C(=O)c2ccc(OCCCNC(=O)NCCCl)cc2)c2ccccc21. The van der Waals surface area contributed by atoms with Crippen molar-refractivity contribution in [3.8, 4) is 5.75 Å². The highest BCUT2D eigenvalue weighted by Gasteiger charge is 2.38. The summed E-state index contributed by atoms with van der Waals surface area (Å²) in [7, 11) is 0. The molecule has 0 aromatic heterocycles. The summed E-state index contributed by atoms with van der Waals surface area (Å²) in [5.41, 5.74) is 2.99. The predicted octanol–water partition coefficient (Wildman–Crippen LogP) is 6.18. The Kier molecular flexibility index (Phi) is 10.5. The minimum Gasteiger partial charge on any atom is -0.494 e. The van der Waals surface area contributed by atoms with E-state index in [0.29, 0.717) is 54.8 Å². The fourth-order valence-corrected chi connectivity index (χ4v) is 5.26. The first kappa shape index (κ1) is 30.2. The minimum atomic E-state index is -0.257. The molecule has 4 amide bonds. The number of para-hydroxylation sites is 1. The third-order valence-corrected chi connectivity index (χ3v) is 7.33. The summed E-state index contributed by atoms with van der Waals surface area (Å²) in [5.74, 6) is 0.796. The zero-order chi connectivity index (χ0) is 29.4. The van der Waals surface area contributed by atoms with Gasteiger partial charge >= 0.3 is 6.03 Å². The maximum atomic E-state index is 13.8. The molecule has 3 aromatic rings. The molecule has 216 valence electrons. The van der Waals surface area contributed by atoms with E-state index in [1.54, 1.807) is 48.2 Å². The second-order valence-electron chi connectivity index (χ2n) is 9.80. The molecule has 0 aliphatic carbocycles. The molecule has 1 aliphatic rings. The first-order valence-electron chi connectivity index (χ1n) is 13.6. The average Bonchev–Trinajstić information content (AvgIpc) is 2.97. The number of ether oxygens (including phenoxy) is 1. The molecule has 3 aromatic carbocycles. The second-order valence-corrected chi connectivity index (χ2v) is 10.6. The van der Waals surface area contributed by atoms with Gasteiger partial charge in [0, 0.05) is 53.9 Å². The van der Waals surface area contributed by atoms with Crippen molar-refractivity contribution in [2.24, 2.45) is 0 Å². The molecule has 1 heterocycles. The standard InChI is InChI=1S/C31H34Cl2N4O4/c1-21-20-29(37(22(2)38)25-12-10-24(33)11-13-25)27-6-3-4-7-28(27)36(21)30(39)23-8-14-26(15-9-23)41-19-5-17-34-31(40)35-18-16-32/h3-4,6-15,21,29H,5,16-20H2,1-2H3,(H2,34,35,40). The van der Waals surface area contributed by atoms with Gasteiger partial charge in [0.05, 0.1) is 12.6 Å². The van der Waals surface area contributed by atoms with Gasteiger partial charge in [-0.3, -0.25) is 9.59 Å². The smallest absolute Gasteiger partial charge is 0.314 e. The van der Waals surface area contributed by atoms with Crippen LogP contribution in [-0.4, -0.2) is 49.5 Å². The lowest BCUT2D eigenvalue weighted by atomic mass is 9.89. The summed E-state index contributed by atoms with van der Waals surface area (Å²) >= 11 is 11.6. The highest BCUT2D eigenvalue weighted by Crippen LogP contribution is 2.43. The molecule has 0 bridgehead atoms. The van der Waals surface area contributed by atoms with Crippen LogP contribution < -0.4 is 25.2 Å².